The van der Waals surface area contributed by atoms with E-state index >= 15 is 0 Å². The molecule has 0 bridgehead atoms. The number of carbonyl (C=O) groups is 2. The van der Waals surface area contributed by atoms with Crippen molar-refractivity contribution >= 4 is 11.8 Å². The van der Waals surface area contributed by atoms with Crippen molar-refractivity contribution in [3.8, 4) is 5.88 Å². The summed E-state index contributed by atoms with van der Waals surface area (Å²) in [5, 5.41) is 2.75. The molecule has 0 unspecified atom stereocenters. The highest BCUT2D eigenvalue weighted by molar-refractivity contribution is 6.35. The molecule has 1 saturated carbocycles. The molecule has 1 saturated heterocycles. The van der Waals surface area contributed by atoms with Gasteiger partial charge in [0.15, 0.2) is 0 Å². The number of carbonyl (C=O) groups excluding carboxylic acids is 2. The van der Waals surface area contributed by atoms with Gasteiger partial charge in [-0.25, -0.2) is 4.98 Å². The van der Waals surface area contributed by atoms with Crippen LogP contribution in [0.5, 0.6) is 5.88 Å². The highest BCUT2D eigenvalue weighted by atomic mass is 16.5. The Balaban J connectivity index is 1.47. The van der Waals surface area contributed by atoms with Gasteiger partial charge in [0, 0.05) is 51.0 Å². The van der Waals surface area contributed by atoms with Crippen LogP contribution in [0.25, 0.3) is 0 Å². The molecule has 2 amide bonds. The third-order valence-electron chi connectivity index (χ3n) is 4.18. The molecule has 1 aromatic heterocycles. The number of nitrogens with zero attached hydrogens (tertiary/aromatic N) is 3. The highest BCUT2D eigenvalue weighted by Crippen LogP contribution is 2.18. The van der Waals surface area contributed by atoms with Gasteiger partial charge in [-0.15, -0.1) is 0 Å². The maximum atomic E-state index is 12.1. The Kier molecular flexibility index (Phi) is 4.76. The summed E-state index contributed by atoms with van der Waals surface area (Å²) in [5.41, 5.74) is 1.13. The number of pyridine rings is 1. The maximum absolute atomic E-state index is 12.1. The van der Waals surface area contributed by atoms with Crippen molar-refractivity contribution < 1.29 is 14.3 Å². The molecule has 124 valence electrons. The predicted molar refractivity (Wildman–Crippen MR) is 83.8 cm³/mol. The molecule has 1 N–H and O–H groups in total. The Morgan fingerprint density at radius 3 is 2.70 bits per heavy atom. The lowest BCUT2D eigenvalue weighted by Gasteiger charge is -2.34. The molecule has 1 aliphatic carbocycles. The second-order valence-corrected chi connectivity index (χ2v) is 6.02. The first kappa shape index (κ1) is 15.7. The van der Waals surface area contributed by atoms with Crippen LogP contribution in [-0.2, 0) is 16.1 Å². The lowest BCUT2D eigenvalue weighted by Crippen LogP contribution is -2.52. The van der Waals surface area contributed by atoms with Crippen molar-refractivity contribution in [3.05, 3.63) is 23.9 Å². The molecule has 1 aliphatic heterocycles. The summed E-state index contributed by atoms with van der Waals surface area (Å²) in [6.45, 7) is 3.47. The van der Waals surface area contributed by atoms with Gasteiger partial charge >= 0.3 is 11.8 Å². The zero-order chi connectivity index (χ0) is 16.2. The van der Waals surface area contributed by atoms with E-state index in [1.165, 1.54) is 0 Å². The first-order valence-corrected chi connectivity index (χ1v) is 7.97. The second-order valence-electron chi connectivity index (χ2n) is 6.02. The van der Waals surface area contributed by atoms with Crippen LogP contribution in [0.1, 0.15) is 18.4 Å². The van der Waals surface area contributed by atoms with E-state index in [4.69, 9.17) is 4.74 Å². The molecule has 0 atom stereocenters. The van der Waals surface area contributed by atoms with Gasteiger partial charge in [0.2, 0.25) is 5.88 Å². The summed E-state index contributed by atoms with van der Waals surface area (Å²) in [5.74, 6) is -0.255. The Hall–Kier alpha value is -2.15. The van der Waals surface area contributed by atoms with E-state index in [0.29, 0.717) is 19.0 Å². The van der Waals surface area contributed by atoms with Gasteiger partial charge in [-0.2, -0.15) is 0 Å². The Morgan fingerprint density at radius 1 is 1.30 bits per heavy atom. The monoisotopic (exact) mass is 318 g/mol. The zero-order valence-electron chi connectivity index (χ0n) is 13.3. The van der Waals surface area contributed by atoms with Crippen LogP contribution < -0.4 is 10.1 Å². The van der Waals surface area contributed by atoms with Gasteiger partial charge < -0.3 is 15.0 Å². The van der Waals surface area contributed by atoms with Crippen molar-refractivity contribution in [2.45, 2.75) is 25.4 Å². The van der Waals surface area contributed by atoms with Crippen LogP contribution in [0.2, 0.25) is 0 Å². The van der Waals surface area contributed by atoms with Crippen molar-refractivity contribution in [2.24, 2.45) is 0 Å². The number of ether oxygens (including phenoxy) is 1. The van der Waals surface area contributed by atoms with E-state index < -0.39 is 11.8 Å². The number of rotatable bonds is 4. The number of aromatic nitrogens is 1. The van der Waals surface area contributed by atoms with Crippen molar-refractivity contribution in [3.63, 3.8) is 0 Å². The number of methoxy groups -OCH3 is 1. The number of hydrogen-bond acceptors (Lipinski definition) is 5. The summed E-state index contributed by atoms with van der Waals surface area (Å²) in [6.07, 6.45) is 3.71. The third-order valence-corrected chi connectivity index (χ3v) is 4.18. The van der Waals surface area contributed by atoms with E-state index in [-0.39, 0.29) is 6.04 Å². The topological polar surface area (TPSA) is 74.8 Å². The molecule has 7 nitrogen and oxygen atoms in total. The third kappa shape index (κ3) is 4.19. The summed E-state index contributed by atoms with van der Waals surface area (Å²) in [7, 11) is 1.60. The van der Waals surface area contributed by atoms with Crippen LogP contribution in [-0.4, -0.2) is 65.9 Å². The lowest BCUT2D eigenvalue weighted by molar-refractivity contribution is -0.147. The molecular weight excluding hydrogens is 296 g/mol. The Labute approximate surface area is 135 Å². The smallest absolute Gasteiger partial charge is 0.311 e. The van der Waals surface area contributed by atoms with E-state index in [1.807, 2.05) is 12.1 Å². The maximum Gasteiger partial charge on any atom is 0.311 e. The molecule has 2 fully saturated rings. The molecular formula is C16H22N4O3. The normalized spacial score (nSPS) is 18.6. The predicted octanol–water partition coefficient (Wildman–Crippen LogP) is 0.0130. The largest absolute Gasteiger partial charge is 0.481 e. The van der Waals surface area contributed by atoms with Crippen molar-refractivity contribution in [2.75, 3.05) is 33.3 Å². The summed E-state index contributed by atoms with van der Waals surface area (Å²) < 4.78 is 5.13. The standard InChI is InChI=1S/C16H22N4O3/c1-23-14-10-12(4-5-17-14)11-19-6-8-20(9-7-19)16(22)15(21)18-13-2-3-13/h4-5,10,13H,2-3,6-9,11H2,1H3,(H,18,21). The molecule has 2 aliphatic rings. The van der Waals surface area contributed by atoms with Crippen LogP contribution in [0.3, 0.4) is 0 Å². The average Bonchev–Trinajstić information content (AvgIpc) is 3.39. The second kappa shape index (κ2) is 6.95. The Bertz CT molecular complexity index is 580. The minimum absolute atomic E-state index is 0.217. The van der Waals surface area contributed by atoms with Crippen LogP contribution in [0, 0.1) is 0 Å². The van der Waals surface area contributed by atoms with Gasteiger partial charge in [0.25, 0.3) is 0 Å². The number of amides is 2. The molecule has 2 heterocycles. The van der Waals surface area contributed by atoms with Gasteiger partial charge in [-0.05, 0) is 24.5 Å². The van der Waals surface area contributed by atoms with Crippen LogP contribution >= 0.6 is 0 Å². The number of nitrogens with one attached hydrogen (secondary N) is 1. The molecule has 0 radical (unpaired) electrons. The summed E-state index contributed by atoms with van der Waals surface area (Å²) in [4.78, 5) is 31.9. The van der Waals surface area contributed by atoms with Gasteiger partial charge in [0.05, 0.1) is 7.11 Å². The first-order chi connectivity index (χ1) is 11.2. The summed E-state index contributed by atoms with van der Waals surface area (Å²) >= 11 is 0. The van der Waals surface area contributed by atoms with E-state index in [2.05, 4.69) is 15.2 Å². The minimum atomic E-state index is -0.458. The highest BCUT2D eigenvalue weighted by Gasteiger charge is 2.30. The number of piperazine rings is 1. The van der Waals surface area contributed by atoms with E-state index in [0.717, 1.165) is 38.0 Å². The molecule has 7 heteroatoms. The quantitative estimate of drug-likeness (QED) is 0.792. The average molecular weight is 318 g/mol. The van der Waals surface area contributed by atoms with Gasteiger partial charge in [0.1, 0.15) is 0 Å². The Morgan fingerprint density at radius 2 is 2.04 bits per heavy atom. The van der Waals surface area contributed by atoms with E-state index in [1.54, 1.807) is 18.2 Å². The molecule has 1 aromatic rings. The van der Waals surface area contributed by atoms with Crippen molar-refractivity contribution in [1.82, 2.24) is 20.1 Å². The minimum Gasteiger partial charge on any atom is -0.481 e. The SMILES string of the molecule is COc1cc(CN2CCN(C(=O)C(=O)NC3CC3)CC2)ccn1. The van der Waals surface area contributed by atoms with E-state index in [9.17, 15) is 9.59 Å². The number of hydrogen-bond donors (Lipinski definition) is 1. The molecule has 23 heavy (non-hydrogen) atoms. The molecule has 0 aromatic carbocycles. The fourth-order valence-corrected chi connectivity index (χ4v) is 2.65. The lowest BCUT2D eigenvalue weighted by atomic mass is 10.2. The molecule has 0 spiro atoms. The van der Waals surface area contributed by atoms with Gasteiger partial charge in [-0.1, -0.05) is 0 Å². The van der Waals surface area contributed by atoms with Crippen molar-refractivity contribution in [1.29, 1.82) is 0 Å². The summed E-state index contributed by atoms with van der Waals surface area (Å²) in [6, 6.07) is 4.10. The van der Waals surface area contributed by atoms with Gasteiger partial charge in [-0.3, -0.25) is 14.5 Å². The fourth-order valence-electron chi connectivity index (χ4n) is 2.65. The molecule has 3 rings (SSSR count). The fraction of sp³-hybridized carbons (Fsp3) is 0.562. The van der Waals surface area contributed by atoms with Crippen LogP contribution in [0.15, 0.2) is 18.3 Å². The van der Waals surface area contributed by atoms with Crippen LogP contribution in [0.4, 0.5) is 0 Å². The first-order valence-electron chi connectivity index (χ1n) is 7.97. The zero-order valence-corrected chi connectivity index (χ0v) is 13.3.